The molecule has 9 heteroatoms. The van der Waals surface area contributed by atoms with Gasteiger partial charge >= 0.3 is 0 Å². The van der Waals surface area contributed by atoms with Gasteiger partial charge in [0.05, 0.1) is 4.91 Å². The van der Waals surface area contributed by atoms with E-state index in [4.69, 9.17) is 8.83 Å². The molecule has 2 aromatic heterocycles. The van der Waals surface area contributed by atoms with Crippen LogP contribution >= 0.6 is 11.8 Å². The summed E-state index contributed by atoms with van der Waals surface area (Å²) in [6.45, 7) is 1.66. The van der Waals surface area contributed by atoms with E-state index in [0.29, 0.717) is 32.8 Å². The van der Waals surface area contributed by atoms with Crippen LogP contribution in [-0.2, 0) is 4.79 Å². The highest BCUT2D eigenvalue weighted by molar-refractivity contribution is 8.18. The molecule has 3 heterocycles. The smallest absolute Gasteiger partial charge is 0.290 e. The number of amides is 2. The second-order valence-electron chi connectivity index (χ2n) is 7.17. The second kappa shape index (κ2) is 7.77. The highest BCUT2D eigenvalue weighted by atomic mass is 32.2. The molecule has 2 amide bonds. The van der Waals surface area contributed by atoms with Crippen molar-refractivity contribution in [2.45, 2.75) is 13.0 Å². The lowest BCUT2D eigenvalue weighted by molar-refractivity contribution is -0.115. The van der Waals surface area contributed by atoms with Crippen LogP contribution in [0.25, 0.3) is 28.5 Å². The van der Waals surface area contributed by atoms with E-state index in [9.17, 15) is 19.1 Å². The number of hydrogen-bond donors (Lipinski definition) is 2. The molecule has 1 fully saturated rings. The Morgan fingerprint density at radius 3 is 2.75 bits per heavy atom. The fourth-order valence-corrected chi connectivity index (χ4v) is 4.10. The first-order chi connectivity index (χ1) is 15.4. The molecular formula is C23H15FN2O5S. The van der Waals surface area contributed by atoms with E-state index < -0.39 is 23.1 Å². The fourth-order valence-electron chi connectivity index (χ4n) is 3.42. The van der Waals surface area contributed by atoms with Gasteiger partial charge in [-0.05, 0) is 66.7 Å². The number of nitrogens with one attached hydrogen (secondary N) is 1. The number of aromatic nitrogens is 1. The number of furan rings is 1. The van der Waals surface area contributed by atoms with Crippen molar-refractivity contribution in [1.82, 2.24) is 10.3 Å². The number of thioether (sulfide) groups is 1. The molecule has 0 aliphatic carbocycles. The molecule has 160 valence electrons. The summed E-state index contributed by atoms with van der Waals surface area (Å²) in [5.41, 5.74) is 1.97. The van der Waals surface area contributed by atoms with Gasteiger partial charge in [0.1, 0.15) is 28.6 Å². The molecule has 0 saturated carbocycles. The number of benzene rings is 2. The zero-order valence-electron chi connectivity index (χ0n) is 16.6. The number of oxazole rings is 1. The zero-order valence-corrected chi connectivity index (χ0v) is 17.4. The van der Waals surface area contributed by atoms with Crippen molar-refractivity contribution in [3.05, 3.63) is 82.0 Å². The quantitative estimate of drug-likeness (QED) is 0.424. The van der Waals surface area contributed by atoms with Crippen molar-refractivity contribution in [3.63, 3.8) is 0 Å². The molecular weight excluding hydrogens is 435 g/mol. The van der Waals surface area contributed by atoms with E-state index in [1.165, 1.54) is 12.1 Å². The monoisotopic (exact) mass is 450 g/mol. The van der Waals surface area contributed by atoms with Crippen LogP contribution in [0.2, 0.25) is 0 Å². The Kier molecular flexibility index (Phi) is 4.91. The van der Waals surface area contributed by atoms with Gasteiger partial charge in [-0.2, -0.15) is 0 Å². The maximum atomic E-state index is 13.5. The van der Waals surface area contributed by atoms with Gasteiger partial charge in [-0.3, -0.25) is 14.9 Å². The first-order valence-electron chi connectivity index (χ1n) is 9.57. The number of imide groups is 1. The number of aliphatic hydroxyl groups excluding tert-OH is 1. The SMILES string of the molecule is Cc1oc(-c2cccc(F)c2)nc1C(O)c1cc2cc(/C=C3\SC(=O)NC3=O)ccc2o1. The zero-order chi connectivity index (χ0) is 22.4. The number of nitrogens with zero attached hydrogens (tertiary/aromatic N) is 1. The number of aliphatic hydroxyl groups is 1. The Balaban J connectivity index is 1.45. The summed E-state index contributed by atoms with van der Waals surface area (Å²) < 4.78 is 24.9. The van der Waals surface area contributed by atoms with Crippen molar-refractivity contribution >= 4 is 40.0 Å². The first kappa shape index (κ1) is 20.2. The lowest BCUT2D eigenvalue weighted by Crippen LogP contribution is -2.17. The topological polar surface area (TPSA) is 106 Å². The first-order valence-corrected chi connectivity index (χ1v) is 10.4. The average Bonchev–Trinajstić information content (AvgIpc) is 3.44. The minimum atomic E-state index is -1.19. The normalized spacial score (nSPS) is 16.2. The maximum absolute atomic E-state index is 13.5. The molecule has 2 N–H and O–H groups in total. The number of carbonyl (C=O) groups is 2. The number of hydrogen-bond acceptors (Lipinski definition) is 7. The fraction of sp³-hybridized carbons (Fsp3) is 0.0870. The van der Waals surface area contributed by atoms with Crippen LogP contribution in [0.15, 0.2) is 62.3 Å². The Morgan fingerprint density at radius 2 is 2.00 bits per heavy atom. The van der Waals surface area contributed by atoms with Gasteiger partial charge in [-0.1, -0.05) is 12.1 Å². The number of halogens is 1. The van der Waals surface area contributed by atoms with E-state index in [0.717, 1.165) is 11.8 Å². The molecule has 32 heavy (non-hydrogen) atoms. The van der Waals surface area contributed by atoms with E-state index >= 15 is 0 Å². The minimum Gasteiger partial charge on any atom is -0.458 e. The van der Waals surface area contributed by atoms with E-state index in [1.54, 1.807) is 49.4 Å². The van der Waals surface area contributed by atoms with Crippen LogP contribution in [0, 0.1) is 12.7 Å². The average molecular weight is 450 g/mol. The maximum Gasteiger partial charge on any atom is 0.290 e. The van der Waals surface area contributed by atoms with Crippen molar-refractivity contribution in [3.8, 4) is 11.5 Å². The molecule has 0 radical (unpaired) electrons. The summed E-state index contributed by atoms with van der Waals surface area (Å²) in [7, 11) is 0. The molecule has 1 unspecified atom stereocenters. The lowest BCUT2D eigenvalue weighted by atomic mass is 10.1. The van der Waals surface area contributed by atoms with Crippen LogP contribution in [-0.4, -0.2) is 21.2 Å². The molecule has 2 aromatic carbocycles. The summed E-state index contributed by atoms with van der Waals surface area (Å²) in [6, 6.07) is 12.8. The second-order valence-corrected chi connectivity index (χ2v) is 8.19. The van der Waals surface area contributed by atoms with Gasteiger partial charge in [-0.15, -0.1) is 0 Å². The molecule has 1 saturated heterocycles. The predicted octanol–water partition coefficient (Wildman–Crippen LogP) is 4.94. The van der Waals surface area contributed by atoms with Gasteiger partial charge < -0.3 is 13.9 Å². The van der Waals surface area contributed by atoms with E-state index in [-0.39, 0.29) is 17.3 Å². The summed E-state index contributed by atoms with van der Waals surface area (Å²) in [4.78, 5) is 27.7. The Morgan fingerprint density at radius 1 is 1.16 bits per heavy atom. The Bertz CT molecular complexity index is 1420. The Hall–Kier alpha value is -3.69. The van der Waals surface area contributed by atoms with Gasteiger partial charge in [0.15, 0.2) is 6.10 Å². The van der Waals surface area contributed by atoms with Crippen LogP contribution in [0.1, 0.15) is 28.9 Å². The highest BCUT2D eigenvalue weighted by Crippen LogP contribution is 2.33. The summed E-state index contributed by atoms with van der Waals surface area (Å²) in [5.74, 6) is -0.00457. The van der Waals surface area contributed by atoms with Crippen molar-refractivity contribution in [1.29, 1.82) is 0 Å². The molecule has 4 aromatic rings. The summed E-state index contributed by atoms with van der Waals surface area (Å²) in [5, 5.41) is 13.4. The Labute approximate surface area is 184 Å². The molecule has 7 nitrogen and oxygen atoms in total. The standard InChI is InChI=1S/C23H15FN2O5S/c1-11-19(25-22(30-11)13-3-2-4-15(24)9-13)20(27)17-10-14-7-12(5-6-16(14)31-17)8-18-21(28)26-23(29)32-18/h2-10,20,27H,1H3,(H,26,28,29)/b18-8-. The van der Waals surface area contributed by atoms with Crippen LogP contribution in [0.3, 0.4) is 0 Å². The third-order valence-electron chi connectivity index (χ3n) is 4.93. The molecule has 1 atom stereocenters. The van der Waals surface area contributed by atoms with Gasteiger partial charge in [0, 0.05) is 10.9 Å². The van der Waals surface area contributed by atoms with Gasteiger partial charge in [0.25, 0.3) is 11.1 Å². The lowest BCUT2D eigenvalue weighted by Gasteiger charge is -2.03. The summed E-state index contributed by atoms with van der Waals surface area (Å²) in [6.07, 6.45) is 0.421. The highest BCUT2D eigenvalue weighted by Gasteiger charge is 2.26. The molecule has 0 spiro atoms. The van der Waals surface area contributed by atoms with Crippen LogP contribution in [0.5, 0.6) is 0 Å². The number of carbonyl (C=O) groups excluding carboxylic acids is 2. The molecule has 1 aliphatic rings. The third kappa shape index (κ3) is 3.72. The van der Waals surface area contributed by atoms with Gasteiger partial charge in [0.2, 0.25) is 5.89 Å². The predicted molar refractivity (Wildman–Crippen MR) is 116 cm³/mol. The van der Waals surface area contributed by atoms with E-state index in [1.807, 2.05) is 0 Å². The van der Waals surface area contributed by atoms with Crippen molar-refractivity contribution in [2.75, 3.05) is 0 Å². The number of aryl methyl sites for hydroxylation is 1. The molecule has 1 aliphatic heterocycles. The third-order valence-corrected chi connectivity index (χ3v) is 5.74. The van der Waals surface area contributed by atoms with Crippen LogP contribution in [0.4, 0.5) is 9.18 Å². The number of fused-ring (bicyclic) bond motifs is 1. The van der Waals surface area contributed by atoms with Crippen molar-refractivity contribution < 1.29 is 27.9 Å². The molecule has 0 bridgehead atoms. The minimum absolute atomic E-state index is 0.197. The van der Waals surface area contributed by atoms with Crippen LogP contribution < -0.4 is 5.32 Å². The summed E-state index contributed by atoms with van der Waals surface area (Å²) >= 11 is 0.840. The van der Waals surface area contributed by atoms with Gasteiger partial charge in [-0.25, -0.2) is 9.37 Å². The number of rotatable bonds is 4. The van der Waals surface area contributed by atoms with Crippen molar-refractivity contribution in [2.24, 2.45) is 0 Å². The largest absolute Gasteiger partial charge is 0.458 e. The molecule has 5 rings (SSSR count). The van der Waals surface area contributed by atoms with E-state index in [2.05, 4.69) is 10.3 Å².